The predicted octanol–water partition coefficient (Wildman–Crippen LogP) is 13.5. The molecule has 1 aliphatic carbocycles. The number of para-hydroxylation sites is 1. The number of allylic oxidation sites excluding steroid dienone is 10. The Morgan fingerprint density at radius 1 is 0.783 bits per heavy atom. The molecular formula is C53H50B2N4O. The van der Waals surface area contributed by atoms with Gasteiger partial charge >= 0.3 is 0 Å². The van der Waals surface area contributed by atoms with Gasteiger partial charge in [0, 0.05) is 50.0 Å². The van der Waals surface area contributed by atoms with Crippen LogP contribution in [0.25, 0.3) is 68.3 Å². The van der Waals surface area contributed by atoms with E-state index in [0.717, 1.165) is 67.0 Å². The molecule has 60 heavy (non-hydrogen) atoms. The van der Waals surface area contributed by atoms with E-state index in [4.69, 9.17) is 19.4 Å². The first-order chi connectivity index (χ1) is 29.1. The van der Waals surface area contributed by atoms with E-state index >= 15 is 0 Å². The molecule has 0 N–H and O–H groups in total. The van der Waals surface area contributed by atoms with Gasteiger partial charge in [0.15, 0.2) is 17.5 Å². The normalized spacial score (nSPS) is 14.2. The van der Waals surface area contributed by atoms with Crippen molar-refractivity contribution in [2.75, 3.05) is 0 Å². The highest BCUT2D eigenvalue weighted by molar-refractivity contribution is 6.42. The van der Waals surface area contributed by atoms with Gasteiger partial charge in [0.05, 0.1) is 12.0 Å². The molecule has 0 bridgehead atoms. The molecule has 0 atom stereocenters. The first-order valence-electron chi connectivity index (χ1n) is 20.4. The van der Waals surface area contributed by atoms with Crippen LogP contribution in [-0.4, -0.2) is 34.1 Å². The molecule has 0 spiro atoms. The fourth-order valence-electron chi connectivity index (χ4n) is 8.14. The van der Waals surface area contributed by atoms with Gasteiger partial charge in [-0.05, 0) is 96.7 Å². The van der Waals surface area contributed by atoms with Gasteiger partial charge in [-0.25, -0.2) is 15.0 Å². The Bertz CT molecular complexity index is 2840. The Balaban J connectivity index is 1.41. The zero-order chi connectivity index (χ0) is 42.6. The largest absolute Gasteiger partial charge is 0.464 e. The predicted molar refractivity (Wildman–Crippen MR) is 259 cm³/mol. The maximum absolute atomic E-state index is 6.05. The quantitative estimate of drug-likeness (QED) is 0.0816. The molecule has 6 aromatic rings. The highest BCUT2D eigenvalue weighted by Gasteiger charge is 2.37. The summed E-state index contributed by atoms with van der Waals surface area (Å²) in [5.41, 5.74) is 15.8. The maximum atomic E-state index is 6.05. The summed E-state index contributed by atoms with van der Waals surface area (Å²) < 4.78 is 8.32. The van der Waals surface area contributed by atoms with E-state index in [2.05, 4.69) is 126 Å². The number of fused-ring (bicyclic) bond motifs is 5. The Morgan fingerprint density at radius 2 is 1.52 bits per heavy atom. The molecule has 0 saturated heterocycles. The van der Waals surface area contributed by atoms with Crippen LogP contribution in [0.5, 0.6) is 0 Å². The second-order valence-electron chi connectivity index (χ2n) is 15.4. The highest BCUT2D eigenvalue weighted by Crippen LogP contribution is 2.52. The summed E-state index contributed by atoms with van der Waals surface area (Å²) in [4.78, 5) is 15.1. The Kier molecular flexibility index (Phi) is 12.2. The minimum absolute atomic E-state index is 0.189. The van der Waals surface area contributed by atoms with Crippen LogP contribution in [0.4, 0.5) is 0 Å². The molecule has 3 aromatic carbocycles. The van der Waals surface area contributed by atoms with Crippen molar-refractivity contribution in [3.63, 3.8) is 0 Å². The van der Waals surface area contributed by atoms with Gasteiger partial charge in [-0.1, -0.05) is 126 Å². The summed E-state index contributed by atoms with van der Waals surface area (Å²) in [6, 6.07) is 23.8. The summed E-state index contributed by atoms with van der Waals surface area (Å²) >= 11 is 0. The molecule has 7 heteroatoms. The van der Waals surface area contributed by atoms with Crippen molar-refractivity contribution in [1.82, 2.24) is 19.5 Å². The van der Waals surface area contributed by atoms with Gasteiger partial charge in [-0.3, -0.25) is 0 Å². The molecule has 0 saturated carbocycles. The van der Waals surface area contributed by atoms with Crippen LogP contribution in [0.1, 0.15) is 84.4 Å². The van der Waals surface area contributed by atoms with E-state index in [9.17, 15) is 0 Å². The third kappa shape index (κ3) is 7.76. The van der Waals surface area contributed by atoms with Gasteiger partial charge < -0.3 is 8.98 Å². The zero-order valence-electron chi connectivity index (χ0n) is 35.8. The highest BCUT2D eigenvalue weighted by atomic mass is 16.3. The average Bonchev–Trinajstić information content (AvgIpc) is 3.91. The number of nitrogens with zero attached hydrogens (tertiary/aromatic N) is 4. The number of benzene rings is 3. The molecule has 294 valence electrons. The molecule has 7 rings (SSSR count). The number of hydrogen-bond acceptors (Lipinski definition) is 4. The van der Waals surface area contributed by atoms with Gasteiger partial charge in [0.2, 0.25) is 0 Å². The molecule has 0 amide bonds. The van der Waals surface area contributed by atoms with Crippen LogP contribution in [0.3, 0.4) is 0 Å². The van der Waals surface area contributed by atoms with Crippen molar-refractivity contribution >= 4 is 66.0 Å². The fourth-order valence-corrected chi connectivity index (χ4v) is 8.14. The van der Waals surface area contributed by atoms with Gasteiger partial charge in [-0.15, -0.1) is 12.0 Å². The van der Waals surface area contributed by atoms with Crippen molar-refractivity contribution in [2.45, 2.75) is 53.7 Å². The molecule has 3 aromatic heterocycles. The van der Waals surface area contributed by atoms with Gasteiger partial charge in [0.25, 0.3) is 0 Å². The van der Waals surface area contributed by atoms with Crippen LogP contribution < -0.4 is 0 Å². The summed E-state index contributed by atoms with van der Waals surface area (Å²) in [6.45, 7) is 27.3. The van der Waals surface area contributed by atoms with Crippen LogP contribution in [-0.2, 0) is 5.41 Å². The van der Waals surface area contributed by atoms with Crippen LogP contribution in [0.15, 0.2) is 146 Å². The molecule has 1 aliphatic rings. The van der Waals surface area contributed by atoms with Crippen molar-refractivity contribution < 1.29 is 4.42 Å². The number of furan rings is 1. The first kappa shape index (κ1) is 41.4. The van der Waals surface area contributed by atoms with E-state index in [1.807, 2.05) is 82.7 Å². The molecule has 0 fully saturated rings. The van der Waals surface area contributed by atoms with Crippen LogP contribution >= 0.6 is 0 Å². The maximum Gasteiger partial charge on any atom is 0.164 e. The Morgan fingerprint density at radius 3 is 2.22 bits per heavy atom. The summed E-state index contributed by atoms with van der Waals surface area (Å²) in [5, 5.41) is 1.12. The lowest BCUT2D eigenvalue weighted by atomic mass is 9.80. The third-order valence-electron chi connectivity index (χ3n) is 11.2. The number of aromatic nitrogens is 4. The Hall–Kier alpha value is -6.72. The number of hydrogen-bond donors (Lipinski definition) is 0. The smallest absolute Gasteiger partial charge is 0.164 e. The van der Waals surface area contributed by atoms with E-state index in [1.54, 1.807) is 18.4 Å². The third-order valence-corrected chi connectivity index (χ3v) is 11.2. The SMILES string of the molecule is C=C/C=C\C(=C/[B]C)c1nc(/C(C)=C/c2c(/C=C(\C)c3ccc4c(c3)C(C)(C)c3ccc5ccoc5c3-4)c(C=C)n(-c3ccccc3)c2C)nc(/C(C=C)=C/C=C\[B]C)n1. The van der Waals surface area contributed by atoms with Crippen LogP contribution in [0, 0.1) is 6.92 Å². The van der Waals surface area contributed by atoms with Crippen molar-refractivity contribution in [3.05, 3.63) is 198 Å². The minimum atomic E-state index is -0.189. The van der Waals surface area contributed by atoms with Gasteiger partial charge in [-0.2, -0.15) is 0 Å². The van der Waals surface area contributed by atoms with E-state index < -0.39 is 0 Å². The molecule has 0 aliphatic heterocycles. The molecule has 3 heterocycles. The first-order valence-corrected chi connectivity index (χ1v) is 20.4. The summed E-state index contributed by atoms with van der Waals surface area (Å²) in [7, 11) is 3.95. The second-order valence-corrected chi connectivity index (χ2v) is 15.4. The van der Waals surface area contributed by atoms with Crippen molar-refractivity contribution in [3.8, 4) is 16.8 Å². The topological polar surface area (TPSA) is 56.7 Å². The average molecular weight is 781 g/mol. The lowest BCUT2D eigenvalue weighted by molar-refractivity contribution is 0.614. The molecule has 2 radical (unpaired) electrons. The van der Waals surface area contributed by atoms with Crippen molar-refractivity contribution in [1.29, 1.82) is 0 Å². The fraction of sp³-hybridized carbons (Fsp3) is 0.151. The molecular weight excluding hydrogens is 730 g/mol. The van der Waals surface area contributed by atoms with E-state index in [-0.39, 0.29) is 5.41 Å². The second kappa shape index (κ2) is 17.6. The summed E-state index contributed by atoms with van der Waals surface area (Å²) in [6.07, 6.45) is 19.5. The monoisotopic (exact) mass is 780 g/mol. The molecule has 0 unspecified atom stereocenters. The lowest BCUT2D eigenvalue weighted by Gasteiger charge is -2.22. The summed E-state index contributed by atoms with van der Waals surface area (Å²) in [5.74, 6) is 5.61. The van der Waals surface area contributed by atoms with E-state index in [0.29, 0.717) is 17.5 Å². The van der Waals surface area contributed by atoms with Gasteiger partial charge in [0.1, 0.15) is 20.1 Å². The lowest BCUT2D eigenvalue weighted by Crippen LogP contribution is -2.15. The minimum Gasteiger partial charge on any atom is -0.464 e. The van der Waals surface area contributed by atoms with Crippen LogP contribution in [0.2, 0.25) is 13.6 Å². The van der Waals surface area contributed by atoms with Crippen molar-refractivity contribution in [2.24, 2.45) is 0 Å². The number of rotatable bonds is 14. The zero-order valence-corrected chi connectivity index (χ0v) is 35.8. The molecule has 5 nitrogen and oxygen atoms in total. The van der Waals surface area contributed by atoms with E-state index in [1.165, 1.54) is 22.3 Å². The standard InChI is InChI=1S/C53H50B2N4O/c1-11-14-19-40(33-55-10)52-57-50(56-51(58-52)37(12-2)20-18-28-54-9)35(5)31-43-36(6)59(41-21-16-15-17-22-41)47(13-3)44(43)30-34(4)39-23-25-42-46(32-39)53(7,8)45-26-24-38-27-29-60-49(38)48(42)45/h11-33H,1-3H2,4-10H3/b19-14-,28-18-,34-30+,35-31+,37-20+,40-33+. The Labute approximate surface area is 356 Å².